The van der Waals surface area contributed by atoms with Gasteiger partial charge < -0.3 is 15.4 Å². The van der Waals surface area contributed by atoms with Crippen molar-refractivity contribution in [2.45, 2.75) is 40.7 Å². The minimum absolute atomic E-state index is 0.522. The molecule has 0 aromatic carbocycles. The number of hydrogen-bond donors (Lipinski definition) is 2. The van der Waals surface area contributed by atoms with Crippen LogP contribution in [0.2, 0.25) is 0 Å². The van der Waals surface area contributed by atoms with Gasteiger partial charge in [0.2, 0.25) is 5.88 Å². The average molecular weight is 362 g/mol. The Hall–Kier alpha value is -2.15. The van der Waals surface area contributed by atoms with Crippen LogP contribution in [-0.4, -0.2) is 35.6 Å². The van der Waals surface area contributed by atoms with Crippen LogP contribution in [-0.2, 0) is 13.0 Å². The van der Waals surface area contributed by atoms with Gasteiger partial charge in [0.15, 0.2) is 5.96 Å². The molecule has 6 nitrogen and oxygen atoms in total. The van der Waals surface area contributed by atoms with Gasteiger partial charge in [-0.2, -0.15) is 0 Å². The molecule has 0 saturated carbocycles. The second-order valence-corrected chi connectivity index (χ2v) is 6.81. The van der Waals surface area contributed by atoms with E-state index in [0.717, 1.165) is 41.7 Å². The Morgan fingerprint density at radius 2 is 2.12 bits per heavy atom. The number of hydrogen-bond acceptors (Lipinski definition) is 5. The minimum Gasteiger partial charge on any atom is -0.478 e. The highest BCUT2D eigenvalue weighted by Gasteiger charge is 2.06. The maximum atomic E-state index is 5.55. The van der Waals surface area contributed by atoms with Crippen molar-refractivity contribution >= 4 is 17.3 Å². The van der Waals surface area contributed by atoms with Crippen LogP contribution in [0.4, 0.5) is 0 Å². The summed E-state index contributed by atoms with van der Waals surface area (Å²) in [5.41, 5.74) is 2.10. The van der Waals surface area contributed by atoms with E-state index in [1.54, 1.807) is 17.5 Å². The molecule has 0 aliphatic rings. The molecule has 0 amide bonds. The molecule has 0 spiro atoms. The number of thiazole rings is 1. The van der Waals surface area contributed by atoms with Crippen molar-refractivity contribution < 1.29 is 4.74 Å². The van der Waals surface area contributed by atoms with Crippen LogP contribution in [0.15, 0.2) is 23.3 Å². The average Bonchev–Trinajstić information content (AvgIpc) is 2.92. The van der Waals surface area contributed by atoms with Crippen molar-refractivity contribution in [3.63, 3.8) is 0 Å². The smallest absolute Gasteiger partial charge is 0.218 e. The van der Waals surface area contributed by atoms with E-state index in [4.69, 9.17) is 4.74 Å². The molecule has 0 atom stereocenters. The molecule has 2 N–H and O–H groups in total. The topological polar surface area (TPSA) is 71.4 Å². The van der Waals surface area contributed by atoms with Gasteiger partial charge in [-0.15, -0.1) is 11.3 Å². The lowest BCUT2D eigenvalue weighted by molar-refractivity contribution is 0.323. The van der Waals surface area contributed by atoms with E-state index in [1.807, 2.05) is 19.1 Å². The van der Waals surface area contributed by atoms with Crippen LogP contribution in [0.3, 0.4) is 0 Å². The Bertz CT molecular complexity index is 679. The molecule has 0 bridgehead atoms. The van der Waals surface area contributed by atoms with E-state index in [2.05, 4.69) is 46.4 Å². The van der Waals surface area contributed by atoms with Crippen LogP contribution in [0.5, 0.6) is 5.88 Å². The van der Waals surface area contributed by atoms with Gasteiger partial charge in [-0.3, -0.25) is 0 Å². The lowest BCUT2D eigenvalue weighted by Gasteiger charge is -2.11. The number of rotatable bonds is 8. The van der Waals surface area contributed by atoms with Crippen molar-refractivity contribution in [3.05, 3.63) is 39.5 Å². The predicted molar refractivity (Wildman–Crippen MR) is 104 cm³/mol. The standard InChI is InChI=1S/C18H27N5OS/c1-5-19-18(21-11-9-16-23-13(3)14(4)25-16)22-12-15-8-7-10-20-17(15)24-6-2/h7-8,10H,5-6,9,11-12H2,1-4H3,(H2,19,21,22). The highest BCUT2D eigenvalue weighted by atomic mass is 32.1. The van der Waals surface area contributed by atoms with Crippen LogP contribution < -0.4 is 15.4 Å². The summed E-state index contributed by atoms with van der Waals surface area (Å²) in [6.07, 6.45) is 2.63. The molecular formula is C18H27N5OS. The first-order valence-corrected chi connectivity index (χ1v) is 9.47. The third-order valence-corrected chi connectivity index (χ3v) is 4.72. The third-order valence-electron chi connectivity index (χ3n) is 3.59. The molecule has 0 radical (unpaired) electrons. The van der Waals surface area contributed by atoms with Crippen LogP contribution in [0.25, 0.3) is 0 Å². The Balaban J connectivity index is 1.93. The summed E-state index contributed by atoms with van der Waals surface area (Å²) in [6.45, 7) is 10.9. The Morgan fingerprint density at radius 1 is 1.28 bits per heavy atom. The molecule has 2 heterocycles. The van der Waals surface area contributed by atoms with Crippen LogP contribution in [0, 0.1) is 13.8 Å². The zero-order valence-electron chi connectivity index (χ0n) is 15.4. The normalized spacial score (nSPS) is 11.4. The van der Waals surface area contributed by atoms with Gasteiger partial charge in [0.25, 0.3) is 0 Å². The second kappa shape index (κ2) is 9.98. The van der Waals surface area contributed by atoms with Gasteiger partial charge in [-0.25, -0.2) is 15.0 Å². The van der Waals surface area contributed by atoms with Crippen LogP contribution in [0.1, 0.15) is 35.0 Å². The number of aromatic nitrogens is 2. The number of ether oxygens (including phenoxy) is 1. The molecule has 25 heavy (non-hydrogen) atoms. The summed E-state index contributed by atoms with van der Waals surface area (Å²) < 4.78 is 5.55. The first kappa shape index (κ1) is 19.2. The molecule has 0 fully saturated rings. The molecule has 136 valence electrons. The van der Waals surface area contributed by atoms with Gasteiger partial charge in [0.05, 0.1) is 23.9 Å². The van der Waals surface area contributed by atoms with Gasteiger partial charge in [0.1, 0.15) is 0 Å². The molecular weight excluding hydrogens is 334 g/mol. The molecule has 2 aromatic heterocycles. The largest absolute Gasteiger partial charge is 0.478 e. The van der Waals surface area contributed by atoms with Crippen molar-refractivity contribution in [2.24, 2.45) is 4.99 Å². The quantitative estimate of drug-likeness (QED) is 0.559. The summed E-state index contributed by atoms with van der Waals surface area (Å²) >= 11 is 1.76. The third kappa shape index (κ3) is 6.01. The summed E-state index contributed by atoms with van der Waals surface area (Å²) in [5.74, 6) is 1.44. The molecule has 0 unspecified atom stereocenters. The van der Waals surface area contributed by atoms with E-state index < -0.39 is 0 Å². The Labute approximate surface area is 153 Å². The zero-order chi connectivity index (χ0) is 18.1. The highest BCUT2D eigenvalue weighted by molar-refractivity contribution is 7.11. The number of pyridine rings is 1. The lowest BCUT2D eigenvalue weighted by atomic mass is 10.3. The fourth-order valence-corrected chi connectivity index (χ4v) is 3.18. The maximum absolute atomic E-state index is 5.55. The number of guanidine groups is 1. The first-order chi connectivity index (χ1) is 12.1. The number of nitrogens with one attached hydrogen (secondary N) is 2. The summed E-state index contributed by atoms with van der Waals surface area (Å²) in [7, 11) is 0. The Kier molecular flexibility index (Phi) is 7.66. The molecule has 2 rings (SSSR count). The van der Waals surface area contributed by atoms with Gasteiger partial charge in [0, 0.05) is 36.1 Å². The molecule has 7 heteroatoms. The molecule has 0 saturated heterocycles. The van der Waals surface area contributed by atoms with E-state index in [1.165, 1.54) is 4.88 Å². The van der Waals surface area contributed by atoms with Crippen molar-refractivity contribution in [3.8, 4) is 5.88 Å². The monoisotopic (exact) mass is 361 g/mol. The summed E-state index contributed by atoms with van der Waals surface area (Å²) in [4.78, 5) is 14.8. The van der Waals surface area contributed by atoms with Crippen molar-refractivity contribution in [1.29, 1.82) is 0 Å². The van der Waals surface area contributed by atoms with Crippen LogP contribution >= 0.6 is 11.3 Å². The van der Waals surface area contributed by atoms with E-state index >= 15 is 0 Å². The maximum Gasteiger partial charge on any atom is 0.218 e. The summed E-state index contributed by atoms with van der Waals surface area (Å²) in [5, 5.41) is 7.79. The number of aliphatic imine (C=N–C) groups is 1. The highest BCUT2D eigenvalue weighted by Crippen LogP contribution is 2.16. The zero-order valence-corrected chi connectivity index (χ0v) is 16.2. The van der Waals surface area contributed by atoms with E-state index in [-0.39, 0.29) is 0 Å². The van der Waals surface area contributed by atoms with Gasteiger partial charge in [-0.1, -0.05) is 6.07 Å². The molecule has 2 aromatic rings. The van der Waals surface area contributed by atoms with Crippen molar-refractivity contribution in [2.75, 3.05) is 19.7 Å². The van der Waals surface area contributed by atoms with Gasteiger partial charge >= 0.3 is 0 Å². The van der Waals surface area contributed by atoms with Gasteiger partial charge in [-0.05, 0) is 33.8 Å². The second-order valence-electron chi connectivity index (χ2n) is 5.52. The molecule has 0 aliphatic carbocycles. The number of aryl methyl sites for hydroxylation is 2. The van der Waals surface area contributed by atoms with E-state index in [9.17, 15) is 0 Å². The molecule has 0 aliphatic heterocycles. The fourth-order valence-electron chi connectivity index (χ4n) is 2.25. The lowest BCUT2D eigenvalue weighted by Crippen LogP contribution is -2.38. The summed E-state index contributed by atoms with van der Waals surface area (Å²) in [6, 6.07) is 3.90. The SMILES string of the molecule is CCNC(=NCc1cccnc1OCC)NCCc1nc(C)c(C)s1. The predicted octanol–water partition coefficient (Wildman–Crippen LogP) is 2.85. The van der Waals surface area contributed by atoms with E-state index in [0.29, 0.717) is 19.0 Å². The minimum atomic E-state index is 0.522. The fraction of sp³-hybridized carbons (Fsp3) is 0.500. The first-order valence-electron chi connectivity index (χ1n) is 8.65. The van der Waals surface area contributed by atoms with Crippen molar-refractivity contribution in [1.82, 2.24) is 20.6 Å². The Morgan fingerprint density at radius 3 is 2.80 bits per heavy atom. The number of nitrogens with zero attached hydrogens (tertiary/aromatic N) is 3.